The Bertz CT molecular complexity index is 388. The summed E-state index contributed by atoms with van der Waals surface area (Å²) in [6.07, 6.45) is 2.16. The van der Waals surface area contributed by atoms with E-state index in [9.17, 15) is 9.59 Å². The number of hydrogen-bond acceptors (Lipinski definition) is 3. The van der Waals surface area contributed by atoms with Gasteiger partial charge < -0.3 is 15.4 Å². The Labute approximate surface area is 108 Å². The number of rotatable bonds is 1. The lowest BCUT2D eigenvalue weighted by molar-refractivity contribution is -0.128. The smallest absolute Gasteiger partial charge is 0.408 e. The fourth-order valence-corrected chi connectivity index (χ4v) is 3.04. The molecule has 0 aromatic heterocycles. The summed E-state index contributed by atoms with van der Waals surface area (Å²) >= 11 is 0. The number of carbonyl (C=O) groups excluding carboxylic acids is 2. The Morgan fingerprint density at radius 2 is 2.06 bits per heavy atom. The fourth-order valence-electron chi connectivity index (χ4n) is 3.04. The second kappa shape index (κ2) is 3.87. The molecule has 2 rings (SSSR count). The molecule has 2 amide bonds. The van der Waals surface area contributed by atoms with Crippen LogP contribution in [0.2, 0.25) is 0 Å². The number of ether oxygens (including phenoxy) is 1. The van der Waals surface area contributed by atoms with Gasteiger partial charge in [0.15, 0.2) is 0 Å². The van der Waals surface area contributed by atoms with Crippen molar-refractivity contribution in [3.8, 4) is 0 Å². The van der Waals surface area contributed by atoms with Crippen molar-refractivity contribution in [3.05, 3.63) is 0 Å². The van der Waals surface area contributed by atoms with Crippen molar-refractivity contribution in [2.75, 3.05) is 6.54 Å². The zero-order valence-corrected chi connectivity index (χ0v) is 11.6. The Morgan fingerprint density at radius 1 is 1.39 bits per heavy atom. The second-order valence-electron chi connectivity index (χ2n) is 6.58. The number of amides is 2. The molecule has 102 valence electrons. The molecule has 0 aromatic rings. The lowest BCUT2D eigenvalue weighted by Gasteiger charge is -2.36. The maximum Gasteiger partial charge on any atom is 0.408 e. The van der Waals surface area contributed by atoms with Crippen molar-refractivity contribution in [2.45, 2.75) is 58.1 Å². The number of alkyl carbamates (subject to hydrolysis) is 1. The molecule has 2 fully saturated rings. The third-order valence-corrected chi connectivity index (χ3v) is 4.13. The molecule has 1 heterocycles. The van der Waals surface area contributed by atoms with E-state index in [1.165, 1.54) is 0 Å². The van der Waals surface area contributed by atoms with Crippen LogP contribution in [0.4, 0.5) is 4.79 Å². The monoisotopic (exact) mass is 254 g/mol. The molecule has 0 aromatic carbocycles. The van der Waals surface area contributed by atoms with Crippen LogP contribution in [-0.2, 0) is 9.53 Å². The molecule has 5 nitrogen and oxygen atoms in total. The van der Waals surface area contributed by atoms with Gasteiger partial charge in [-0.25, -0.2) is 4.79 Å². The minimum Gasteiger partial charge on any atom is -0.444 e. The molecule has 2 aliphatic rings. The van der Waals surface area contributed by atoms with E-state index in [1.807, 2.05) is 27.7 Å². The topological polar surface area (TPSA) is 67.4 Å². The van der Waals surface area contributed by atoms with Crippen molar-refractivity contribution >= 4 is 12.0 Å². The highest BCUT2D eigenvalue weighted by atomic mass is 16.6. The van der Waals surface area contributed by atoms with Gasteiger partial charge >= 0.3 is 6.09 Å². The van der Waals surface area contributed by atoms with Gasteiger partial charge in [0, 0.05) is 6.54 Å². The van der Waals surface area contributed by atoms with Gasteiger partial charge in [-0.1, -0.05) is 0 Å². The first kappa shape index (κ1) is 13.2. The zero-order valence-electron chi connectivity index (χ0n) is 11.6. The molecular formula is C13H22N2O3. The molecular weight excluding hydrogens is 232 g/mol. The quantitative estimate of drug-likeness (QED) is 0.746. The lowest BCUT2D eigenvalue weighted by Crippen LogP contribution is -2.57. The Morgan fingerprint density at radius 3 is 2.67 bits per heavy atom. The maximum absolute atomic E-state index is 11.9. The van der Waals surface area contributed by atoms with Crippen LogP contribution in [0.25, 0.3) is 0 Å². The van der Waals surface area contributed by atoms with Crippen LogP contribution in [0, 0.1) is 5.41 Å². The van der Waals surface area contributed by atoms with Crippen LogP contribution < -0.4 is 10.6 Å². The molecule has 0 radical (unpaired) electrons. The molecule has 1 aliphatic carbocycles. The van der Waals surface area contributed by atoms with Crippen LogP contribution in [0.3, 0.4) is 0 Å². The van der Waals surface area contributed by atoms with Gasteiger partial charge in [0.25, 0.3) is 0 Å². The fraction of sp³-hybridized carbons (Fsp3) is 0.846. The SMILES string of the molecule is CC(C)(C)OC(=O)N[C@@]12CCC[C@]1(C)C(=O)NC2. The predicted octanol–water partition coefficient (Wildman–Crippen LogP) is 1.57. The molecule has 1 aliphatic heterocycles. The number of fused-ring (bicyclic) bond motifs is 1. The van der Waals surface area contributed by atoms with E-state index in [0.29, 0.717) is 6.54 Å². The summed E-state index contributed by atoms with van der Waals surface area (Å²) in [5.41, 5.74) is -1.50. The van der Waals surface area contributed by atoms with Gasteiger partial charge in [0.05, 0.1) is 11.0 Å². The second-order valence-corrected chi connectivity index (χ2v) is 6.58. The molecule has 0 bridgehead atoms. The van der Waals surface area contributed by atoms with Gasteiger partial charge in [-0.05, 0) is 47.0 Å². The standard InChI is InChI=1S/C13H22N2O3/c1-11(2,3)18-10(17)15-13-7-5-6-12(13,4)9(16)14-8-13/h5-8H2,1-4H3,(H,14,16)(H,15,17)/t12-,13-/m1/s1. The van der Waals surface area contributed by atoms with E-state index >= 15 is 0 Å². The minimum absolute atomic E-state index is 0.0380. The van der Waals surface area contributed by atoms with Crippen molar-refractivity contribution < 1.29 is 14.3 Å². The summed E-state index contributed by atoms with van der Waals surface area (Å²) in [5, 5.41) is 5.80. The van der Waals surface area contributed by atoms with Gasteiger partial charge in [-0.3, -0.25) is 4.79 Å². The summed E-state index contributed by atoms with van der Waals surface area (Å²) in [6.45, 7) is 7.92. The van der Waals surface area contributed by atoms with E-state index in [0.717, 1.165) is 19.3 Å². The molecule has 18 heavy (non-hydrogen) atoms. The third kappa shape index (κ3) is 1.95. The van der Waals surface area contributed by atoms with Crippen LogP contribution in [0.5, 0.6) is 0 Å². The average molecular weight is 254 g/mol. The van der Waals surface area contributed by atoms with Crippen LogP contribution in [0.1, 0.15) is 47.0 Å². The van der Waals surface area contributed by atoms with Crippen LogP contribution in [-0.4, -0.2) is 29.7 Å². The van der Waals surface area contributed by atoms with Gasteiger partial charge in [0.2, 0.25) is 5.91 Å². The van der Waals surface area contributed by atoms with Crippen molar-refractivity contribution in [1.82, 2.24) is 10.6 Å². The summed E-state index contributed by atoms with van der Waals surface area (Å²) in [4.78, 5) is 23.9. The Kier molecular flexibility index (Phi) is 2.83. The molecule has 1 saturated carbocycles. The molecule has 0 spiro atoms. The van der Waals surface area contributed by atoms with Gasteiger partial charge in [0.1, 0.15) is 5.60 Å². The van der Waals surface area contributed by atoms with Crippen molar-refractivity contribution in [3.63, 3.8) is 0 Å². The number of hydrogen-bond donors (Lipinski definition) is 2. The molecule has 0 unspecified atom stereocenters. The summed E-state index contributed by atoms with van der Waals surface area (Å²) in [7, 11) is 0. The zero-order chi connectivity index (χ0) is 13.6. The first-order chi connectivity index (χ1) is 8.19. The van der Waals surface area contributed by atoms with Gasteiger partial charge in [-0.15, -0.1) is 0 Å². The van der Waals surface area contributed by atoms with Crippen molar-refractivity contribution in [2.24, 2.45) is 5.41 Å². The van der Waals surface area contributed by atoms with E-state index in [-0.39, 0.29) is 5.91 Å². The van der Waals surface area contributed by atoms with E-state index < -0.39 is 22.6 Å². The summed E-state index contributed by atoms with van der Waals surface area (Å²) < 4.78 is 5.29. The number of carbonyl (C=O) groups is 2. The van der Waals surface area contributed by atoms with E-state index in [1.54, 1.807) is 0 Å². The molecule has 1 saturated heterocycles. The highest BCUT2D eigenvalue weighted by Gasteiger charge is 2.61. The lowest BCUT2D eigenvalue weighted by atomic mass is 9.76. The molecule has 5 heteroatoms. The normalized spacial score (nSPS) is 35.0. The highest BCUT2D eigenvalue weighted by Crippen LogP contribution is 2.49. The first-order valence-electron chi connectivity index (χ1n) is 6.48. The molecule has 2 atom stereocenters. The summed E-state index contributed by atoms with van der Waals surface area (Å²) in [6, 6.07) is 0. The summed E-state index contributed by atoms with van der Waals surface area (Å²) in [5.74, 6) is 0.0380. The third-order valence-electron chi connectivity index (χ3n) is 4.13. The first-order valence-corrected chi connectivity index (χ1v) is 6.48. The largest absolute Gasteiger partial charge is 0.444 e. The van der Waals surface area contributed by atoms with Crippen LogP contribution >= 0.6 is 0 Å². The average Bonchev–Trinajstić information content (AvgIpc) is 2.61. The molecule has 2 N–H and O–H groups in total. The number of nitrogens with one attached hydrogen (secondary N) is 2. The highest BCUT2D eigenvalue weighted by molar-refractivity contribution is 5.88. The van der Waals surface area contributed by atoms with E-state index in [4.69, 9.17) is 4.74 Å². The minimum atomic E-state index is -0.522. The predicted molar refractivity (Wildman–Crippen MR) is 67.1 cm³/mol. The Hall–Kier alpha value is -1.26. The van der Waals surface area contributed by atoms with E-state index in [2.05, 4.69) is 10.6 Å². The van der Waals surface area contributed by atoms with Crippen molar-refractivity contribution in [1.29, 1.82) is 0 Å². The van der Waals surface area contributed by atoms with Gasteiger partial charge in [-0.2, -0.15) is 0 Å². The Balaban J connectivity index is 2.13. The van der Waals surface area contributed by atoms with Crippen LogP contribution in [0.15, 0.2) is 0 Å². The maximum atomic E-state index is 11.9.